The Kier molecular flexibility index (Phi) is 23.1. The third-order valence-electron chi connectivity index (χ3n) is 5.58. The smallest absolute Gasteiger partial charge is 0.171 e. The minimum absolute atomic E-state index is 0. The van der Waals surface area contributed by atoms with E-state index in [1.807, 2.05) is 0 Å². The Morgan fingerprint density at radius 1 is 0.467 bits per heavy atom. The van der Waals surface area contributed by atoms with Crippen molar-refractivity contribution in [1.29, 1.82) is 0 Å². The third kappa shape index (κ3) is 13.6. The first-order valence-corrected chi connectivity index (χ1v) is 10.5. The molecular weight excluding hydrogens is 636 g/mol. The zero-order valence-corrected chi connectivity index (χ0v) is 25.9. The molecule has 0 saturated carbocycles. The van der Waals surface area contributed by atoms with Gasteiger partial charge in [-0.3, -0.25) is 0 Å². The number of aryl methyl sites for hydroxylation is 6. The van der Waals surface area contributed by atoms with Crippen LogP contribution in [0.5, 0.6) is 0 Å². The molecule has 6 heteroatoms. The lowest BCUT2D eigenvalue weighted by molar-refractivity contribution is -0.697. The van der Waals surface area contributed by atoms with Gasteiger partial charge in [0.1, 0.15) is 13.1 Å². The summed E-state index contributed by atoms with van der Waals surface area (Å²) in [4.78, 5) is 0. The third-order valence-corrected chi connectivity index (χ3v) is 5.58. The Morgan fingerprint density at radius 2 is 0.767 bits per heavy atom. The van der Waals surface area contributed by atoms with E-state index in [9.17, 15) is 0 Å². The van der Waals surface area contributed by atoms with Crippen molar-refractivity contribution in [1.82, 2.24) is 0 Å². The first-order valence-electron chi connectivity index (χ1n) is 10.5. The van der Waals surface area contributed by atoms with Crippen LogP contribution in [-0.4, -0.2) is 0 Å². The molecule has 0 atom stereocenters. The van der Waals surface area contributed by atoms with Gasteiger partial charge in [-0.2, -0.15) is 0 Å². The quantitative estimate of drug-likeness (QED) is 0.171. The minimum Gasteiger partial charge on any atom is -0.205 e. The van der Waals surface area contributed by atoms with Crippen LogP contribution in [0.3, 0.4) is 0 Å². The molecule has 2 aromatic rings. The molecule has 0 aliphatic rings. The Bertz CT molecular complexity index is 633. The van der Waals surface area contributed by atoms with Crippen LogP contribution in [0, 0.1) is 27.7 Å². The number of rotatable bonds is 11. The van der Waals surface area contributed by atoms with Crippen molar-refractivity contribution < 1.29 is 9.13 Å². The maximum Gasteiger partial charge on any atom is 0.171 e. The van der Waals surface area contributed by atoms with Gasteiger partial charge in [0.15, 0.2) is 24.8 Å². The Morgan fingerprint density at radius 3 is 1.07 bits per heavy atom. The first kappa shape index (κ1) is 34.8. The molecule has 0 fully saturated rings. The van der Waals surface area contributed by atoms with Crippen LogP contribution < -0.4 is 9.13 Å². The van der Waals surface area contributed by atoms with Gasteiger partial charge < -0.3 is 0 Å². The highest BCUT2D eigenvalue weighted by atomic mass is 79.9. The zero-order chi connectivity index (χ0) is 18.8. The van der Waals surface area contributed by atoms with Gasteiger partial charge >= 0.3 is 0 Å². The molecule has 2 nitrogen and oxygen atoms in total. The molecule has 0 N–H and O–H groups in total. The number of halogens is 4. The fourth-order valence-corrected chi connectivity index (χ4v) is 3.39. The molecule has 0 spiro atoms. The van der Waals surface area contributed by atoms with Gasteiger partial charge in [0.05, 0.1) is 0 Å². The van der Waals surface area contributed by atoms with Crippen molar-refractivity contribution in [2.24, 2.45) is 0 Å². The zero-order valence-electron chi connectivity index (χ0n) is 19.1. The molecule has 0 aliphatic heterocycles. The van der Waals surface area contributed by atoms with Crippen molar-refractivity contribution in [3.63, 3.8) is 0 Å². The van der Waals surface area contributed by atoms with Crippen LogP contribution in [0.2, 0.25) is 0 Å². The molecule has 0 bridgehead atoms. The van der Waals surface area contributed by atoms with Crippen molar-refractivity contribution in [3.8, 4) is 0 Å². The lowest BCUT2D eigenvalue weighted by atomic mass is 10.1. The number of hydrogen-bond acceptors (Lipinski definition) is 0. The van der Waals surface area contributed by atoms with Crippen molar-refractivity contribution in [2.75, 3.05) is 0 Å². The average Bonchev–Trinajstić information content (AvgIpc) is 2.62. The highest BCUT2D eigenvalue weighted by Crippen LogP contribution is 2.09. The average molecular weight is 678 g/mol. The van der Waals surface area contributed by atoms with Gasteiger partial charge in [-0.15, -0.1) is 67.9 Å². The molecule has 174 valence electrons. The van der Waals surface area contributed by atoms with Crippen LogP contribution in [-0.2, 0) is 13.1 Å². The summed E-state index contributed by atoms with van der Waals surface area (Å²) in [6, 6.07) is 4.46. The molecule has 0 aromatic carbocycles. The van der Waals surface area contributed by atoms with Gasteiger partial charge in [-0.25, -0.2) is 9.13 Å². The van der Waals surface area contributed by atoms with Gasteiger partial charge in [0.25, 0.3) is 0 Å². The summed E-state index contributed by atoms with van der Waals surface area (Å²) in [6.45, 7) is 11.1. The number of pyridine rings is 2. The van der Waals surface area contributed by atoms with E-state index in [4.69, 9.17) is 0 Å². The van der Waals surface area contributed by atoms with E-state index < -0.39 is 0 Å². The molecule has 0 aliphatic carbocycles. The van der Waals surface area contributed by atoms with Crippen LogP contribution in [0.15, 0.2) is 36.9 Å². The SMILES string of the molecule is Br.Br.Br.Br.Cc1cc[n+](CCCCCCCCCC[n+]2ccc(C)c(C)c2)cc1C. The van der Waals surface area contributed by atoms with Gasteiger partial charge in [0, 0.05) is 36.1 Å². The molecule has 0 radical (unpaired) electrons. The normalized spacial score (nSPS) is 9.60. The summed E-state index contributed by atoms with van der Waals surface area (Å²) in [5.74, 6) is 0. The summed E-state index contributed by atoms with van der Waals surface area (Å²) in [5, 5.41) is 0. The van der Waals surface area contributed by atoms with E-state index in [1.54, 1.807) is 0 Å². The number of hydrogen-bond donors (Lipinski definition) is 0. The second-order valence-electron chi connectivity index (χ2n) is 7.93. The Balaban J connectivity index is -0.00000182. The Hall–Kier alpha value is 0.220. The van der Waals surface area contributed by atoms with Crippen molar-refractivity contribution in [3.05, 3.63) is 59.2 Å². The summed E-state index contributed by atoms with van der Waals surface area (Å²) in [5.41, 5.74) is 5.56. The number of aromatic nitrogens is 2. The van der Waals surface area contributed by atoms with Crippen molar-refractivity contribution in [2.45, 2.75) is 92.2 Å². The fourth-order valence-electron chi connectivity index (χ4n) is 3.39. The van der Waals surface area contributed by atoms with Crippen LogP contribution >= 0.6 is 67.9 Å². The Labute approximate surface area is 227 Å². The highest BCUT2D eigenvalue weighted by molar-refractivity contribution is 8.93. The van der Waals surface area contributed by atoms with Gasteiger partial charge in [-0.05, 0) is 51.7 Å². The van der Waals surface area contributed by atoms with Crippen LogP contribution in [0.25, 0.3) is 0 Å². The molecule has 2 aromatic heterocycles. The van der Waals surface area contributed by atoms with Gasteiger partial charge in [-0.1, -0.05) is 25.7 Å². The molecule has 2 heterocycles. The summed E-state index contributed by atoms with van der Waals surface area (Å²) >= 11 is 0. The predicted molar refractivity (Wildman–Crippen MR) is 150 cm³/mol. The van der Waals surface area contributed by atoms with E-state index in [-0.39, 0.29) is 67.9 Å². The second-order valence-corrected chi connectivity index (χ2v) is 7.93. The number of unbranched alkanes of at least 4 members (excludes halogenated alkanes) is 7. The second kappa shape index (κ2) is 19.9. The lowest BCUT2D eigenvalue weighted by Gasteiger charge is -2.03. The molecule has 30 heavy (non-hydrogen) atoms. The standard InChI is InChI=1S/C24H38N2.4BrH/c1-21-13-17-25(19-23(21)3)15-11-9-7-5-6-8-10-12-16-26-18-14-22(2)24(4)20-26;;;;/h13-14,17-20H,5-12,15-16H2,1-4H3;4*1H/q+2;;;;. The van der Waals surface area contributed by atoms with Crippen LogP contribution in [0.1, 0.15) is 73.6 Å². The molecule has 0 unspecified atom stereocenters. The first-order chi connectivity index (χ1) is 12.6. The maximum atomic E-state index is 2.34. The summed E-state index contributed by atoms with van der Waals surface area (Å²) in [7, 11) is 0. The summed E-state index contributed by atoms with van der Waals surface area (Å²) in [6.07, 6.45) is 19.9. The van der Waals surface area contributed by atoms with E-state index >= 15 is 0 Å². The number of nitrogens with zero attached hydrogens (tertiary/aromatic N) is 2. The highest BCUT2D eigenvalue weighted by Gasteiger charge is 2.04. The van der Waals surface area contributed by atoms with E-state index in [1.165, 1.54) is 73.6 Å². The molecule has 2 rings (SSSR count). The minimum atomic E-state index is 0. The van der Waals surface area contributed by atoms with Crippen molar-refractivity contribution >= 4 is 67.9 Å². The molecular formula is C24H42Br4N2+2. The monoisotopic (exact) mass is 674 g/mol. The lowest BCUT2D eigenvalue weighted by Crippen LogP contribution is -2.33. The van der Waals surface area contributed by atoms with Crippen LogP contribution in [0.4, 0.5) is 0 Å². The molecule has 0 saturated heterocycles. The van der Waals surface area contributed by atoms with E-state index in [2.05, 4.69) is 73.7 Å². The largest absolute Gasteiger partial charge is 0.205 e. The summed E-state index contributed by atoms with van der Waals surface area (Å²) < 4.78 is 4.68. The predicted octanol–water partition coefficient (Wildman–Crippen LogP) is 7.63. The topological polar surface area (TPSA) is 7.76 Å². The van der Waals surface area contributed by atoms with Gasteiger partial charge in [0.2, 0.25) is 0 Å². The van der Waals surface area contributed by atoms with E-state index in [0.717, 1.165) is 13.1 Å². The maximum absolute atomic E-state index is 2.34. The van der Waals surface area contributed by atoms with E-state index in [0.29, 0.717) is 0 Å². The fraction of sp³-hybridized carbons (Fsp3) is 0.583. The molecule has 0 amide bonds.